The molecule has 0 unspecified atom stereocenters. The van der Waals surface area contributed by atoms with Crippen LogP contribution in [0.25, 0.3) is 21.0 Å². The number of aromatic nitrogens is 1. The molecule has 4 nitrogen and oxygen atoms in total. The third-order valence-electron chi connectivity index (χ3n) is 4.76. The first-order chi connectivity index (χ1) is 11.7. The van der Waals surface area contributed by atoms with Crippen LogP contribution in [0.1, 0.15) is 43.2 Å². The highest BCUT2D eigenvalue weighted by Gasteiger charge is 2.24. The van der Waals surface area contributed by atoms with Crippen LogP contribution in [0.5, 0.6) is 0 Å². The Morgan fingerprint density at radius 2 is 2.04 bits per heavy atom. The summed E-state index contributed by atoms with van der Waals surface area (Å²) in [7, 11) is 0. The van der Waals surface area contributed by atoms with E-state index in [1.807, 2.05) is 30.3 Å². The standard InChI is InChI=1S/C19H20N2O2S/c1-12-6-2-3-7-13(12)20-18(22)15-10-11-16(23-15)19-21-14-8-4-5-9-17(14)24-19/h4-5,8-13H,2-3,6-7H2,1H3,(H,20,22)/t12-,13+/m0/s1. The SMILES string of the molecule is C[C@H]1CCCC[C@H]1NC(=O)c1ccc(-c2nc3ccccc3s2)o1. The molecule has 1 N–H and O–H groups in total. The fourth-order valence-electron chi connectivity index (χ4n) is 3.32. The predicted molar refractivity (Wildman–Crippen MR) is 96.2 cm³/mol. The Balaban J connectivity index is 1.52. The van der Waals surface area contributed by atoms with Gasteiger partial charge >= 0.3 is 0 Å². The molecule has 0 spiro atoms. The topological polar surface area (TPSA) is 55.1 Å². The van der Waals surface area contributed by atoms with E-state index in [0.29, 0.717) is 17.4 Å². The van der Waals surface area contributed by atoms with Crippen molar-refractivity contribution in [3.63, 3.8) is 0 Å². The third kappa shape index (κ3) is 2.96. The number of benzene rings is 1. The molecule has 0 aliphatic heterocycles. The summed E-state index contributed by atoms with van der Waals surface area (Å²) < 4.78 is 6.89. The van der Waals surface area contributed by atoms with Gasteiger partial charge in [0.15, 0.2) is 16.5 Å². The van der Waals surface area contributed by atoms with E-state index < -0.39 is 0 Å². The molecule has 2 aromatic heterocycles. The van der Waals surface area contributed by atoms with E-state index in [-0.39, 0.29) is 11.9 Å². The molecule has 24 heavy (non-hydrogen) atoms. The normalized spacial score (nSPS) is 21.0. The number of para-hydroxylation sites is 1. The molecule has 1 fully saturated rings. The van der Waals surface area contributed by atoms with Crippen molar-refractivity contribution >= 4 is 27.5 Å². The fraction of sp³-hybridized carbons (Fsp3) is 0.368. The number of rotatable bonds is 3. The summed E-state index contributed by atoms with van der Waals surface area (Å²) in [6, 6.07) is 11.8. The van der Waals surface area contributed by atoms with Crippen LogP contribution in [0, 0.1) is 5.92 Å². The van der Waals surface area contributed by atoms with Gasteiger partial charge in [-0.2, -0.15) is 0 Å². The quantitative estimate of drug-likeness (QED) is 0.740. The zero-order valence-electron chi connectivity index (χ0n) is 13.6. The molecule has 1 saturated carbocycles. The maximum Gasteiger partial charge on any atom is 0.287 e. The zero-order valence-corrected chi connectivity index (χ0v) is 14.4. The molecule has 0 saturated heterocycles. The number of nitrogens with one attached hydrogen (secondary N) is 1. The van der Waals surface area contributed by atoms with Gasteiger partial charge in [0.25, 0.3) is 5.91 Å². The van der Waals surface area contributed by atoms with Crippen molar-refractivity contribution in [3.8, 4) is 10.8 Å². The van der Waals surface area contributed by atoms with Gasteiger partial charge in [-0.05, 0) is 43.0 Å². The van der Waals surface area contributed by atoms with Gasteiger partial charge in [-0.1, -0.05) is 31.9 Å². The summed E-state index contributed by atoms with van der Waals surface area (Å²) in [5.74, 6) is 1.42. The molecule has 1 aromatic carbocycles. The lowest BCUT2D eigenvalue weighted by Crippen LogP contribution is -2.40. The number of carbonyl (C=O) groups is 1. The minimum atomic E-state index is -0.124. The maximum absolute atomic E-state index is 12.5. The van der Waals surface area contributed by atoms with E-state index in [9.17, 15) is 4.79 Å². The van der Waals surface area contributed by atoms with Crippen LogP contribution in [0.2, 0.25) is 0 Å². The Labute approximate surface area is 144 Å². The molecule has 1 amide bonds. The molecule has 3 aromatic rings. The first-order valence-corrected chi connectivity index (χ1v) is 9.29. The van der Waals surface area contributed by atoms with Gasteiger partial charge in [0.1, 0.15) is 0 Å². The van der Waals surface area contributed by atoms with Crippen LogP contribution >= 0.6 is 11.3 Å². The number of hydrogen-bond acceptors (Lipinski definition) is 4. The van der Waals surface area contributed by atoms with Gasteiger partial charge in [-0.15, -0.1) is 11.3 Å². The average Bonchev–Trinajstić information content (AvgIpc) is 3.23. The lowest BCUT2D eigenvalue weighted by atomic mass is 9.86. The van der Waals surface area contributed by atoms with Gasteiger partial charge in [0.2, 0.25) is 0 Å². The number of hydrogen-bond donors (Lipinski definition) is 1. The number of amides is 1. The Bertz CT molecular complexity index is 834. The summed E-state index contributed by atoms with van der Waals surface area (Å²) in [4.78, 5) is 17.0. The van der Waals surface area contributed by atoms with E-state index in [1.54, 1.807) is 17.4 Å². The molecule has 2 atom stereocenters. The van der Waals surface area contributed by atoms with Crippen LogP contribution in [0.3, 0.4) is 0 Å². The second-order valence-electron chi connectivity index (χ2n) is 6.49. The molecular weight excluding hydrogens is 320 g/mol. The van der Waals surface area contributed by atoms with Crippen molar-refractivity contribution in [2.75, 3.05) is 0 Å². The molecule has 2 heterocycles. The van der Waals surface area contributed by atoms with Gasteiger partial charge in [0.05, 0.1) is 10.2 Å². The van der Waals surface area contributed by atoms with Crippen molar-refractivity contribution in [2.45, 2.75) is 38.6 Å². The molecule has 5 heteroatoms. The van der Waals surface area contributed by atoms with Gasteiger partial charge in [-0.25, -0.2) is 4.98 Å². The lowest BCUT2D eigenvalue weighted by molar-refractivity contribution is 0.0883. The molecular formula is C19H20N2O2S. The van der Waals surface area contributed by atoms with Gasteiger partial charge in [0, 0.05) is 6.04 Å². The summed E-state index contributed by atoms with van der Waals surface area (Å²) >= 11 is 1.57. The summed E-state index contributed by atoms with van der Waals surface area (Å²) in [6.07, 6.45) is 4.68. The smallest absolute Gasteiger partial charge is 0.287 e. The van der Waals surface area contributed by atoms with Crippen molar-refractivity contribution in [1.29, 1.82) is 0 Å². The van der Waals surface area contributed by atoms with Gasteiger partial charge in [-0.3, -0.25) is 4.79 Å². The number of furan rings is 1. The lowest BCUT2D eigenvalue weighted by Gasteiger charge is -2.29. The monoisotopic (exact) mass is 340 g/mol. The van der Waals surface area contributed by atoms with Crippen LogP contribution in [0.4, 0.5) is 0 Å². The highest BCUT2D eigenvalue weighted by Crippen LogP contribution is 2.31. The molecule has 0 bridgehead atoms. The van der Waals surface area contributed by atoms with E-state index in [1.165, 1.54) is 19.3 Å². The second kappa shape index (κ2) is 6.40. The highest BCUT2D eigenvalue weighted by molar-refractivity contribution is 7.21. The molecule has 1 aliphatic rings. The fourth-order valence-corrected chi connectivity index (χ4v) is 4.25. The average molecular weight is 340 g/mol. The second-order valence-corrected chi connectivity index (χ2v) is 7.52. The van der Waals surface area contributed by atoms with Crippen LogP contribution < -0.4 is 5.32 Å². The largest absolute Gasteiger partial charge is 0.448 e. The number of fused-ring (bicyclic) bond motifs is 1. The number of carbonyl (C=O) groups excluding carboxylic acids is 1. The first-order valence-electron chi connectivity index (χ1n) is 8.47. The molecule has 4 rings (SSSR count). The van der Waals surface area contributed by atoms with Crippen molar-refractivity contribution in [3.05, 3.63) is 42.2 Å². The van der Waals surface area contributed by atoms with Crippen molar-refractivity contribution < 1.29 is 9.21 Å². The van der Waals surface area contributed by atoms with E-state index in [4.69, 9.17) is 4.42 Å². The van der Waals surface area contributed by atoms with Crippen LogP contribution in [-0.2, 0) is 0 Å². The number of nitrogens with zero attached hydrogens (tertiary/aromatic N) is 1. The predicted octanol–water partition coefficient (Wildman–Crippen LogP) is 4.86. The Kier molecular flexibility index (Phi) is 4.10. The van der Waals surface area contributed by atoms with E-state index >= 15 is 0 Å². The summed E-state index contributed by atoms with van der Waals surface area (Å²) in [6.45, 7) is 2.21. The molecule has 124 valence electrons. The molecule has 0 radical (unpaired) electrons. The van der Waals surface area contributed by atoms with Crippen molar-refractivity contribution in [1.82, 2.24) is 10.3 Å². The van der Waals surface area contributed by atoms with E-state index in [2.05, 4.69) is 17.2 Å². The summed E-state index contributed by atoms with van der Waals surface area (Å²) in [5.41, 5.74) is 0.955. The molecule has 1 aliphatic carbocycles. The minimum Gasteiger partial charge on any atom is -0.448 e. The van der Waals surface area contributed by atoms with E-state index in [0.717, 1.165) is 21.6 Å². The highest BCUT2D eigenvalue weighted by atomic mass is 32.1. The zero-order chi connectivity index (χ0) is 16.5. The van der Waals surface area contributed by atoms with Crippen molar-refractivity contribution in [2.24, 2.45) is 5.92 Å². The van der Waals surface area contributed by atoms with Crippen LogP contribution in [0.15, 0.2) is 40.8 Å². The van der Waals surface area contributed by atoms with Gasteiger partial charge < -0.3 is 9.73 Å². The Morgan fingerprint density at radius 1 is 1.21 bits per heavy atom. The Hall–Kier alpha value is -2.14. The third-order valence-corrected chi connectivity index (χ3v) is 5.81. The first kappa shape index (κ1) is 15.4. The van der Waals surface area contributed by atoms with Crippen LogP contribution in [-0.4, -0.2) is 16.9 Å². The minimum absolute atomic E-state index is 0.124. The number of thiazole rings is 1. The Morgan fingerprint density at radius 3 is 2.88 bits per heavy atom. The summed E-state index contributed by atoms with van der Waals surface area (Å²) in [5, 5.41) is 3.93. The maximum atomic E-state index is 12.5.